The van der Waals surface area contributed by atoms with E-state index in [0.29, 0.717) is 22.5 Å². The zero-order valence-electron chi connectivity index (χ0n) is 18.3. The van der Waals surface area contributed by atoms with Gasteiger partial charge in [0.1, 0.15) is 4.36 Å². The third-order valence-corrected chi connectivity index (χ3v) is 10.7. The Kier molecular flexibility index (Phi) is 5.96. The van der Waals surface area contributed by atoms with Crippen LogP contribution >= 0.6 is 11.6 Å². The van der Waals surface area contributed by atoms with Crippen molar-refractivity contribution in [2.75, 3.05) is 13.2 Å². The van der Waals surface area contributed by atoms with Crippen LogP contribution in [-0.4, -0.2) is 32.7 Å². The van der Waals surface area contributed by atoms with Crippen molar-refractivity contribution in [3.63, 3.8) is 0 Å². The minimum absolute atomic E-state index is 0.231. The molecule has 0 aromatic heterocycles. The predicted molar refractivity (Wildman–Crippen MR) is 127 cm³/mol. The normalized spacial score (nSPS) is 26.8. The van der Waals surface area contributed by atoms with Gasteiger partial charge in [-0.3, -0.25) is 4.21 Å². The molecule has 2 aromatic carbocycles. The van der Waals surface area contributed by atoms with E-state index in [1.807, 2.05) is 62.4 Å². The van der Waals surface area contributed by atoms with Crippen LogP contribution in [0.5, 0.6) is 0 Å². The highest BCUT2D eigenvalue weighted by molar-refractivity contribution is 7.91. The molecule has 2 aromatic rings. The average molecular weight is 491 g/mol. The minimum atomic E-state index is -1.49. The van der Waals surface area contributed by atoms with Crippen molar-refractivity contribution < 1.29 is 17.9 Å². The van der Waals surface area contributed by atoms with Crippen molar-refractivity contribution in [1.29, 1.82) is 0 Å². The average Bonchev–Trinajstić information content (AvgIpc) is 3.21. The van der Waals surface area contributed by atoms with Crippen LogP contribution in [0.4, 0.5) is 0 Å². The maximum atomic E-state index is 13.7. The first-order chi connectivity index (χ1) is 15.4. The highest BCUT2D eigenvalue weighted by Gasteiger charge is 2.67. The number of aryl methyl sites for hydroxylation is 2. The number of benzene rings is 2. The molecule has 3 atom stereocenters. The van der Waals surface area contributed by atoms with Gasteiger partial charge in [0, 0.05) is 28.0 Å². The van der Waals surface area contributed by atoms with Crippen LogP contribution in [0, 0.1) is 19.3 Å². The Morgan fingerprint density at radius 2 is 1.34 bits per heavy atom. The van der Waals surface area contributed by atoms with E-state index in [1.54, 1.807) is 0 Å². The van der Waals surface area contributed by atoms with Gasteiger partial charge < -0.3 is 9.47 Å². The maximum absolute atomic E-state index is 13.7. The van der Waals surface area contributed by atoms with Crippen LogP contribution in [0.2, 0.25) is 0 Å². The quantitative estimate of drug-likeness (QED) is 0.579. The van der Waals surface area contributed by atoms with Gasteiger partial charge >= 0.3 is 0 Å². The summed E-state index contributed by atoms with van der Waals surface area (Å²) in [6, 6.07) is 15.4. The van der Waals surface area contributed by atoms with Crippen molar-refractivity contribution in [1.82, 2.24) is 0 Å². The first-order valence-corrected chi connectivity index (χ1v) is 13.7. The molecule has 3 unspecified atom stereocenters. The molecule has 32 heavy (non-hydrogen) atoms. The summed E-state index contributed by atoms with van der Waals surface area (Å²) in [7, 11) is -2.76. The summed E-state index contributed by atoms with van der Waals surface area (Å²) in [5.41, 5.74) is 2.81. The fraction of sp³-hybridized carbons (Fsp3) is 0.440. The van der Waals surface area contributed by atoms with Gasteiger partial charge in [-0.2, -0.15) is 0 Å². The third-order valence-electron chi connectivity index (χ3n) is 7.01. The van der Waals surface area contributed by atoms with E-state index in [0.717, 1.165) is 47.3 Å². The SMILES string of the molecule is Cc1ccc(S(=O)/C(Cl)=C2/C(S(=O)c3ccc(C)cc3)C23CCC2(CC3)OCCO2)cc1. The molecular weight excluding hydrogens is 464 g/mol. The highest BCUT2D eigenvalue weighted by Crippen LogP contribution is 2.67. The van der Waals surface area contributed by atoms with Gasteiger partial charge in [-0.05, 0) is 56.5 Å². The summed E-state index contributed by atoms with van der Waals surface area (Å²) in [5, 5.41) is -0.231. The fourth-order valence-electron chi connectivity index (χ4n) is 5.07. The first-order valence-electron chi connectivity index (χ1n) is 11.0. The zero-order chi connectivity index (χ0) is 22.5. The van der Waals surface area contributed by atoms with E-state index < -0.39 is 27.4 Å². The molecule has 1 heterocycles. The van der Waals surface area contributed by atoms with Crippen LogP contribution in [0.3, 0.4) is 0 Å². The number of ether oxygens (including phenoxy) is 2. The van der Waals surface area contributed by atoms with Gasteiger partial charge in [-0.15, -0.1) is 0 Å². The summed E-state index contributed by atoms with van der Waals surface area (Å²) in [4.78, 5) is 1.46. The molecule has 0 radical (unpaired) electrons. The lowest BCUT2D eigenvalue weighted by Crippen LogP contribution is -2.37. The first kappa shape index (κ1) is 22.5. The lowest BCUT2D eigenvalue weighted by Gasteiger charge is -2.36. The molecule has 1 saturated heterocycles. The largest absolute Gasteiger partial charge is 0.348 e. The van der Waals surface area contributed by atoms with Gasteiger partial charge in [-0.1, -0.05) is 47.0 Å². The standard InChI is InChI=1S/C25H27ClO4S2/c1-17-3-7-19(8-4-17)31(27)22-21(23(26)32(28)20-9-5-18(2)6-10-20)24(22)11-13-25(14-12-24)29-15-16-30-25/h3-10,22H,11-16H2,1-2H3/b23-21-. The van der Waals surface area contributed by atoms with E-state index in [1.165, 1.54) is 0 Å². The Hall–Kier alpha value is -1.31. The number of rotatable bonds is 4. The molecule has 3 fully saturated rings. The summed E-state index contributed by atoms with van der Waals surface area (Å²) in [6.07, 6.45) is 3.01. The van der Waals surface area contributed by atoms with E-state index in [2.05, 4.69) is 0 Å². The third kappa shape index (κ3) is 3.84. The van der Waals surface area contributed by atoms with Crippen LogP contribution < -0.4 is 0 Å². The minimum Gasteiger partial charge on any atom is -0.348 e. The van der Waals surface area contributed by atoms with E-state index in [4.69, 9.17) is 21.1 Å². The second kappa shape index (κ2) is 8.48. The summed E-state index contributed by atoms with van der Waals surface area (Å²) >= 11 is 6.81. The van der Waals surface area contributed by atoms with E-state index >= 15 is 0 Å². The second-order valence-corrected chi connectivity index (χ2v) is 12.6. The molecule has 3 aliphatic rings. The smallest absolute Gasteiger partial charge is 0.168 e. The molecule has 4 nitrogen and oxygen atoms in total. The molecule has 0 amide bonds. The Morgan fingerprint density at radius 1 is 0.844 bits per heavy atom. The monoisotopic (exact) mass is 490 g/mol. The lowest BCUT2D eigenvalue weighted by molar-refractivity contribution is -0.183. The van der Waals surface area contributed by atoms with Gasteiger partial charge in [0.05, 0.1) is 40.1 Å². The summed E-state index contributed by atoms with van der Waals surface area (Å²) in [5.74, 6) is -0.516. The fourth-order valence-corrected chi connectivity index (χ4v) is 8.83. The molecular formula is C25H27ClO4S2. The van der Waals surface area contributed by atoms with Gasteiger partial charge in [0.25, 0.3) is 0 Å². The van der Waals surface area contributed by atoms with Crippen LogP contribution in [0.1, 0.15) is 36.8 Å². The molecule has 2 spiro atoms. The van der Waals surface area contributed by atoms with Crippen molar-refractivity contribution in [2.24, 2.45) is 5.41 Å². The van der Waals surface area contributed by atoms with Gasteiger partial charge in [0.15, 0.2) is 5.79 Å². The van der Waals surface area contributed by atoms with Crippen molar-refractivity contribution >= 4 is 33.2 Å². The Morgan fingerprint density at radius 3 is 1.88 bits per heavy atom. The number of hydrogen-bond donors (Lipinski definition) is 0. The van der Waals surface area contributed by atoms with E-state index in [9.17, 15) is 8.42 Å². The maximum Gasteiger partial charge on any atom is 0.168 e. The topological polar surface area (TPSA) is 52.6 Å². The van der Waals surface area contributed by atoms with Crippen LogP contribution in [-0.2, 0) is 31.1 Å². The second-order valence-electron chi connectivity index (χ2n) is 9.02. The van der Waals surface area contributed by atoms with Crippen molar-refractivity contribution in [3.05, 3.63) is 69.6 Å². The van der Waals surface area contributed by atoms with Crippen molar-refractivity contribution in [3.8, 4) is 0 Å². The van der Waals surface area contributed by atoms with Crippen LogP contribution in [0.15, 0.2) is 68.3 Å². The van der Waals surface area contributed by atoms with Crippen molar-refractivity contribution in [2.45, 2.75) is 60.4 Å². The van der Waals surface area contributed by atoms with Gasteiger partial charge in [0.2, 0.25) is 0 Å². The summed E-state index contributed by atoms with van der Waals surface area (Å²) in [6.45, 7) is 5.24. The predicted octanol–water partition coefficient (Wildman–Crippen LogP) is 5.35. The van der Waals surface area contributed by atoms with Gasteiger partial charge in [-0.25, -0.2) is 4.21 Å². The molecule has 7 heteroatoms. The Balaban J connectivity index is 1.50. The van der Waals surface area contributed by atoms with E-state index in [-0.39, 0.29) is 10.7 Å². The lowest BCUT2D eigenvalue weighted by atomic mass is 9.82. The Labute approximate surface area is 199 Å². The Bertz CT molecular complexity index is 1090. The molecule has 2 saturated carbocycles. The molecule has 1 aliphatic heterocycles. The molecule has 0 N–H and O–H groups in total. The molecule has 5 rings (SSSR count). The number of hydrogen-bond acceptors (Lipinski definition) is 4. The van der Waals surface area contributed by atoms with Crippen LogP contribution in [0.25, 0.3) is 0 Å². The highest BCUT2D eigenvalue weighted by atomic mass is 35.5. The zero-order valence-corrected chi connectivity index (χ0v) is 20.7. The molecule has 2 aliphatic carbocycles. The molecule has 170 valence electrons. The number of halogens is 1. The summed E-state index contributed by atoms with van der Waals surface area (Å²) < 4.78 is 39.2. The molecule has 0 bridgehead atoms.